The summed E-state index contributed by atoms with van der Waals surface area (Å²) in [6, 6.07) is 25.7. The molecule has 0 radical (unpaired) electrons. The lowest BCUT2D eigenvalue weighted by molar-refractivity contribution is -0.115. The lowest BCUT2D eigenvalue weighted by Gasteiger charge is -2.15. The molecule has 0 saturated heterocycles. The van der Waals surface area contributed by atoms with Crippen molar-refractivity contribution in [3.05, 3.63) is 118 Å². The summed E-state index contributed by atoms with van der Waals surface area (Å²) < 4.78 is 0. The van der Waals surface area contributed by atoms with E-state index in [4.69, 9.17) is 0 Å². The van der Waals surface area contributed by atoms with Gasteiger partial charge in [0.1, 0.15) is 5.70 Å². The Kier molecular flexibility index (Phi) is 9.35. The van der Waals surface area contributed by atoms with Crippen molar-refractivity contribution < 1.29 is 14.4 Å². The van der Waals surface area contributed by atoms with E-state index in [0.717, 1.165) is 26.6 Å². The summed E-state index contributed by atoms with van der Waals surface area (Å²) in [7, 11) is 0. The first-order valence-corrected chi connectivity index (χ1v) is 14.1. The maximum absolute atomic E-state index is 13.1. The van der Waals surface area contributed by atoms with Crippen LogP contribution in [0.2, 0.25) is 0 Å². The minimum Gasteiger partial charge on any atom is -0.325 e. The minimum absolute atomic E-state index is 0.0800. The summed E-state index contributed by atoms with van der Waals surface area (Å²) >= 11 is 2.90. The summed E-state index contributed by atoms with van der Waals surface area (Å²) in [5.74, 6) is -0.883. The fourth-order valence-corrected chi connectivity index (χ4v) is 5.16. The standard InChI is InChI=1S/C31H29N3O3S2/c1-20-11-12-21(2)27(18-20)33-29(35)22(3)39-25-15-13-24(14-16-25)32-31(37)28(19-26-10-7-17-38-26)34-30(36)23-8-5-4-6-9-23/h4-19,22H,1-3H3,(H,32,37)(H,33,35)(H,34,36)/b28-19-. The van der Waals surface area contributed by atoms with E-state index in [0.29, 0.717) is 11.3 Å². The number of benzene rings is 3. The molecular weight excluding hydrogens is 526 g/mol. The van der Waals surface area contributed by atoms with Crippen molar-refractivity contribution in [2.24, 2.45) is 0 Å². The molecule has 0 aliphatic rings. The van der Waals surface area contributed by atoms with Gasteiger partial charge in [0.2, 0.25) is 5.91 Å². The predicted octanol–water partition coefficient (Wildman–Crippen LogP) is 6.89. The van der Waals surface area contributed by atoms with Crippen LogP contribution in [-0.4, -0.2) is 23.0 Å². The fourth-order valence-electron chi connectivity index (χ4n) is 3.64. The largest absolute Gasteiger partial charge is 0.325 e. The highest BCUT2D eigenvalue weighted by Gasteiger charge is 2.17. The van der Waals surface area contributed by atoms with Crippen LogP contribution in [-0.2, 0) is 9.59 Å². The minimum atomic E-state index is -0.436. The monoisotopic (exact) mass is 555 g/mol. The normalized spacial score (nSPS) is 11.9. The molecule has 0 fully saturated rings. The summed E-state index contributed by atoms with van der Waals surface area (Å²) in [5.41, 5.74) is 4.08. The molecule has 1 unspecified atom stereocenters. The van der Waals surface area contributed by atoms with E-state index in [9.17, 15) is 14.4 Å². The SMILES string of the molecule is Cc1ccc(C)c(NC(=O)C(C)Sc2ccc(NC(=O)/C(=C/c3cccs3)NC(=O)c3ccccc3)cc2)c1. The highest BCUT2D eigenvalue weighted by molar-refractivity contribution is 8.00. The van der Waals surface area contributed by atoms with Crippen molar-refractivity contribution in [2.45, 2.75) is 30.9 Å². The zero-order valence-electron chi connectivity index (χ0n) is 21.9. The van der Waals surface area contributed by atoms with Gasteiger partial charge in [-0.15, -0.1) is 23.1 Å². The third-order valence-electron chi connectivity index (χ3n) is 5.80. The maximum atomic E-state index is 13.1. The summed E-state index contributed by atoms with van der Waals surface area (Å²) in [5, 5.41) is 10.2. The lowest BCUT2D eigenvalue weighted by Crippen LogP contribution is -2.30. The molecule has 3 amide bonds. The molecule has 3 aromatic carbocycles. The maximum Gasteiger partial charge on any atom is 0.272 e. The Morgan fingerprint density at radius 3 is 2.31 bits per heavy atom. The second-order valence-electron chi connectivity index (χ2n) is 8.94. The molecule has 8 heteroatoms. The van der Waals surface area contributed by atoms with Gasteiger partial charge in [0.25, 0.3) is 11.8 Å². The molecule has 0 saturated carbocycles. The van der Waals surface area contributed by atoms with E-state index in [1.54, 1.807) is 42.5 Å². The van der Waals surface area contributed by atoms with Gasteiger partial charge in [-0.3, -0.25) is 14.4 Å². The number of hydrogen-bond donors (Lipinski definition) is 3. The number of aryl methyl sites for hydroxylation is 2. The fraction of sp³-hybridized carbons (Fsp3) is 0.129. The Bertz CT molecular complexity index is 1480. The molecule has 39 heavy (non-hydrogen) atoms. The Morgan fingerprint density at radius 1 is 0.872 bits per heavy atom. The molecule has 198 valence electrons. The van der Waals surface area contributed by atoms with Crippen LogP contribution in [0.15, 0.2) is 101 Å². The number of carbonyl (C=O) groups excluding carboxylic acids is 3. The highest BCUT2D eigenvalue weighted by Crippen LogP contribution is 2.27. The second-order valence-corrected chi connectivity index (χ2v) is 11.3. The summed E-state index contributed by atoms with van der Waals surface area (Å²) in [4.78, 5) is 40.4. The molecule has 0 aliphatic carbocycles. The van der Waals surface area contributed by atoms with E-state index in [2.05, 4.69) is 16.0 Å². The van der Waals surface area contributed by atoms with Crippen molar-refractivity contribution in [1.29, 1.82) is 0 Å². The average Bonchev–Trinajstić information content (AvgIpc) is 3.45. The van der Waals surface area contributed by atoms with Gasteiger partial charge in [0.05, 0.1) is 5.25 Å². The molecule has 1 atom stereocenters. The van der Waals surface area contributed by atoms with E-state index in [-0.39, 0.29) is 22.8 Å². The van der Waals surface area contributed by atoms with Crippen LogP contribution in [0.1, 0.15) is 33.3 Å². The molecule has 6 nitrogen and oxygen atoms in total. The van der Waals surface area contributed by atoms with E-state index < -0.39 is 5.91 Å². The molecular formula is C31H29N3O3S2. The molecule has 3 N–H and O–H groups in total. The highest BCUT2D eigenvalue weighted by atomic mass is 32.2. The number of hydrogen-bond acceptors (Lipinski definition) is 5. The smallest absolute Gasteiger partial charge is 0.272 e. The van der Waals surface area contributed by atoms with Crippen molar-refractivity contribution in [3.8, 4) is 0 Å². The van der Waals surface area contributed by atoms with Crippen LogP contribution >= 0.6 is 23.1 Å². The van der Waals surface area contributed by atoms with Crippen LogP contribution in [0, 0.1) is 13.8 Å². The first-order chi connectivity index (χ1) is 18.8. The van der Waals surface area contributed by atoms with Gasteiger partial charge in [-0.1, -0.05) is 36.4 Å². The number of thioether (sulfide) groups is 1. The van der Waals surface area contributed by atoms with Crippen LogP contribution in [0.25, 0.3) is 6.08 Å². The number of anilines is 2. The molecule has 0 aliphatic heterocycles. The van der Waals surface area contributed by atoms with Crippen LogP contribution in [0.3, 0.4) is 0 Å². The third kappa shape index (κ3) is 7.92. The van der Waals surface area contributed by atoms with Crippen molar-refractivity contribution in [2.75, 3.05) is 10.6 Å². The molecule has 4 rings (SSSR count). The van der Waals surface area contributed by atoms with Gasteiger partial charge in [-0.25, -0.2) is 0 Å². The number of thiophene rings is 1. The molecule has 1 aromatic heterocycles. The van der Waals surface area contributed by atoms with Crippen LogP contribution in [0.4, 0.5) is 11.4 Å². The van der Waals surface area contributed by atoms with Crippen LogP contribution in [0.5, 0.6) is 0 Å². The van der Waals surface area contributed by atoms with Gasteiger partial charge in [-0.2, -0.15) is 0 Å². The molecule has 0 spiro atoms. The van der Waals surface area contributed by atoms with Gasteiger partial charge in [-0.05, 0) is 91.9 Å². The molecule has 0 bridgehead atoms. The first kappa shape index (κ1) is 27.9. The number of amides is 3. The first-order valence-electron chi connectivity index (χ1n) is 12.4. The zero-order valence-corrected chi connectivity index (χ0v) is 23.5. The van der Waals surface area contributed by atoms with E-state index >= 15 is 0 Å². The quantitative estimate of drug-likeness (QED) is 0.155. The average molecular weight is 556 g/mol. The van der Waals surface area contributed by atoms with Crippen molar-refractivity contribution in [3.63, 3.8) is 0 Å². The zero-order chi connectivity index (χ0) is 27.8. The Morgan fingerprint density at radius 2 is 1.62 bits per heavy atom. The van der Waals surface area contributed by atoms with E-state index in [1.165, 1.54) is 23.1 Å². The number of carbonyl (C=O) groups is 3. The molecule has 1 heterocycles. The second kappa shape index (κ2) is 13.1. The number of rotatable bonds is 9. The Balaban J connectivity index is 1.40. The van der Waals surface area contributed by atoms with Crippen molar-refractivity contribution in [1.82, 2.24) is 5.32 Å². The van der Waals surface area contributed by atoms with Gasteiger partial charge in [0.15, 0.2) is 0 Å². The topological polar surface area (TPSA) is 87.3 Å². The van der Waals surface area contributed by atoms with Crippen molar-refractivity contribution >= 4 is 58.3 Å². The van der Waals surface area contributed by atoms with E-state index in [1.807, 2.05) is 74.7 Å². The van der Waals surface area contributed by atoms with Gasteiger partial charge in [0, 0.05) is 26.7 Å². The third-order valence-corrected chi connectivity index (χ3v) is 7.74. The molecule has 4 aromatic rings. The summed E-state index contributed by atoms with van der Waals surface area (Å²) in [6.07, 6.45) is 1.65. The van der Waals surface area contributed by atoms with Gasteiger partial charge >= 0.3 is 0 Å². The lowest BCUT2D eigenvalue weighted by atomic mass is 10.1. The predicted molar refractivity (Wildman–Crippen MR) is 161 cm³/mol. The van der Waals surface area contributed by atoms with Gasteiger partial charge < -0.3 is 16.0 Å². The number of nitrogens with one attached hydrogen (secondary N) is 3. The van der Waals surface area contributed by atoms with Crippen LogP contribution < -0.4 is 16.0 Å². The summed E-state index contributed by atoms with van der Waals surface area (Å²) in [6.45, 7) is 5.82. The Labute approximate surface area is 236 Å². The Hall–Kier alpha value is -4.14.